The van der Waals surface area contributed by atoms with Crippen LogP contribution >= 0.6 is 11.3 Å². The Morgan fingerprint density at radius 1 is 1.29 bits per heavy atom. The number of rotatable bonds is 4. The van der Waals surface area contributed by atoms with Gasteiger partial charge in [0.05, 0.1) is 19.3 Å². The molecule has 0 radical (unpaired) electrons. The predicted octanol–water partition coefficient (Wildman–Crippen LogP) is 2.66. The molecule has 1 N–H and O–H groups in total. The minimum atomic E-state index is -0.404. The van der Waals surface area contributed by atoms with E-state index in [4.69, 9.17) is 4.74 Å². The van der Waals surface area contributed by atoms with Crippen LogP contribution in [0.25, 0.3) is 0 Å². The zero-order valence-electron chi connectivity index (χ0n) is 12.6. The second-order valence-corrected chi connectivity index (χ2v) is 6.23. The molecule has 0 aromatic carbocycles. The van der Waals surface area contributed by atoms with Crippen molar-refractivity contribution in [3.05, 3.63) is 15.8 Å². The number of nitrogens with zero attached hydrogens (tertiary/aromatic N) is 1. The maximum Gasteiger partial charge on any atom is 0.350 e. The Balaban J connectivity index is 1.99. The summed E-state index contributed by atoms with van der Waals surface area (Å²) in [5.74, 6) is -0.471. The molecule has 116 valence electrons. The molecular formula is C15H22N2O3S. The number of thiophene rings is 1. The number of hydrogen-bond acceptors (Lipinski definition) is 5. The molecule has 1 aromatic heterocycles. The fourth-order valence-corrected chi connectivity index (χ4v) is 3.44. The SMILES string of the molecule is COC(=O)c1scc(C)c1NC(=O)CN1CCCCCC1. The van der Waals surface area contributed by atoms with Gasteiger partial charge in [0, 0.05) is 0 Å². The summed E-state index contributed by atoms with van der Waals surface area (Å²) in [7, 11) is 1.35. The van der Waals surface area contributed by atoms with Gasteiger partial charge in [-0.1, -0.05) is 12.8 Å². The van der Waals surface area contributed by atoms with Crippen molar-refractivity contribution in [3.63, 3.8) is 0 Å². The molecule has 6 heteroatoms. The molecule has 0 spiro atoms. The van der Waals surface area contributed by atoms with Crippen molar-refractivity contribution in [2.75, 3.05) is 32.1 Å². The zero-order chi connectivity index (χ0) is 15.2. The van der Waals surface area contributed by atoms with Gasteiger partial charge in [0.15, 0.2) is 0 Å². The summed E-state index contributed by atoms with van der Waals surface area (Å²) >= 11 is 1.30. The molecule has 1 aliphatic rings. The number of anilines is 1. The fourth-order valence-electron chi connectivity index (χ4n) is 2.52. The van der Waals surface area contributed by atoms with E-state index in [1.54, 1.807) is 0 Å². The first-order valence-corrected chi connectivity index (χ1v) is 8.18. The molecule has 5 nitrogen and oxygen atoms in total. The number of amides is 1. The van der Waals surface area contributed by atoms with Crippen LogP contribution in [-0.2, 0) is 9.53 Å². The first-order chi connectivity index (χ1) is 10.1. The minimum Gasteiger partial charge on any atom is -0.465 e. The molecule has 1 aromatic rings. The van der Waals surface area contributed by atoms with Crippen LogP contribution in [0.2, 0.25) is 0 Å². The number of carbonyl (C=O) groups is 2. The molecule has 1 amide bonds. The summed E-state index contributed by atoms with van der Waals surface area (Å²) in [6.07, 6.45) is 4.79. The molecule has 21 heavy (non-hydrogen) atoms. The van der Waals surface area contributed by atoms with E-state index in [0.717, 1.165) is 31.5 Å². The lowest BCUT2D eigenvalue weighted by molar-refractivity contribution is -0.117. The van der Waals surface area contributed by atoms with Crippen LogP contribution in [0.4, 0.5) is 5.69 Å². The first kappa shape index (κ1) is 16.0. The van der Waals surface area contributed by atoms with Crippen molar-refractivity contribution in [2.24, 2.45) is 0 Å². The van der Waals surface area contributed by atoms with Crippen molar-refractivity contribution >= 4 is 28.9 Å². The third-order valence-corrected chi connectivity index (χ3v) is 4.75. The number of hydrogen-bond donors (Lipinski definition) is 1. The van der Waals surface area contributed by atoms with Crippen LogP contribution < -0.4 is 5.32 Å². The molecule has 0 unspecified atom stereocenters. The molecular weight excluding hydrogens is 288 g/mol. The smallest absolute Gasteiger partial charge is 0.350 e. The van der Waals surface area contributed by atoms with Gasteiger partial charge in [-0.2, -0.15) is 0 Å². The number of ether oxygens (including phenoxy) is 1. The largest absolute Gasteiger partial charge is 0.465 e. The highest BCUT2D eigenvalue weighted by molar-refractivity contribution is 7.12. The van der Waals surface area contributed by atoms with E-state index in [1.807, 2.05) is 12.3 Å². The quantitative estimate of drug-likeness (QED) is 0.869. The molecule has 0 aliphatic carbocycles. The van der Waals surface area contributed by atoms with Gasteiger partial charge >= 0.3 is 5.97 Å². The first-order valence-electron chi connectivity index (χ1n) is 7.30. The average molecular weight is 310 g/mol. The molecule has 2 heterocycles. The van der Waals surface area contributed by atoms with Crippen LogP contribution in [0.3, 0.4) is 0 Å². The van der Waals surface area contributed by atoms with Crippen LogP contribution in [0.1, 0.15) is 40.9 Å². The number of methoxy groups -OCH3 is 1. The molecule has 1 saturated heterocycles. The highest BCUT2D eigenvalue weighted by atomic mass is 32.1. The summed E-state index contributed by atoms with van der Waals surface area (Å²) in [5, 5.41) is 4.73. The monoisotopic (exact) mass is 310 g/mol. The van der Waals surface area contributed by atoms with Crippen molar-refractivity contribution in [1.82, 2.24) is 4.90 Å². The number of esters is 1. The molecule has 0 bridgehead atoms. The van der Waals surface area contributed by atoms with E-state index in [2.05, 4.69) is 10.2 Å². The van der Waals surface area contributed by atoms with Gasteiger partial charge in [-0.25, -0.2) is 4.79 Å². The van der Waals surface area contributed by atoms with E-state index in [1.165, 1.54) is 31.3 Å². The number of carbonyl (C=O) groups excluding carboxylic acids is 2. The summed E-state index contributed by atoms with van der Waals surface area (Å²) in [6.45, 7) is 4.21. The van der Waals surface area contributed by atoms with E-state index < -0.39 is 5.97 Å². The average Bonchev–Trinajstić information content (AvgIpc) is 2.68. The Hall–Kier alpha value is -1.40. The van der Waals surface area contributed by atoms with Crippen LogP contribution in [-0.4, -0.2) is 43.5 Å². The number of nitrogens with one attached hydrogen (secondary N) is 1. The topological polar surface area (TPSA) is 58.6 Å². The van der Waals surface area contributed by atoms with Gasteiger partial charge < -0.3 is 10.1 Å². The fraction of sp³-hybridized carbons (Fsp3) is 0.600. The molecule has 1 fully saturated rings. The highest BCUT2D eigenvalue weighted by Gasteiger charge is 2.20. The third-order valence-electron chi connectivity index (χ3n) is 3.68. The second-order valence-electron chi connectivity index (χ2n) is 5.35. The summed E-state index contributed by atoms with van der Waals surface area (Å²) in [4.78, 5) is 26.5. The lowest BCUT2D eigenvalue weighted by Gasteiger charge is -2.19. The Morgan fingerprint density at radius 2 is 1.95 bits per heavy atom. The standard InChI is InChI=1S/C15H22N2O3S/c1-11-10-21-14(15(19)20-2)13(11)16-12(18)9-17-7-5-3-4-6-8-17/h10H,3-9H2,1-2H3,(H,16,18). The van der Waals surface area contributed by atoms with Gasteiger partial charge in [0.2, 0.25) is 5.91 Å². The molecule has 0 atom stereocenters. The van der Waals surface area contributed by atoms with E-state index >= 15 is 0 Å². The second kappa shape index (κ2) is 7.56. The number of aryl methyl sites for hydroxylation is 1. The Bertz CT molecular complexity index is 505. The van der Waals surface area contributed by atoms with E-state index in [0.29, 0.717) is 17.1 Å². The maximum atomic E-state index is 12.2. The summed E-state index contributed by atoms with van der Waals surface area (Å²) < 4.78 is 4.75. The number of likely N-dealkylation sites (tertiary alicyclic amines) is 1. The molecule has 1 aliphatic heterocycles. The summed E-state index contributed by atoms with van der Waals surface area (Å²) in [5.41, 5.74) is 1.48. The van der Waals surface area contributed by atoms with Gasteiger partial charge in [-0.05, 0) is 43.8 Å². The van der Waals surface area contributed by atoms with E-state index in [-0.39, 0.29) is 5.91 Å². The van der Waals surface area contributed by atoms with Gasteiger partial charge in [-0.15, -0.1) is 11.3 Å². The van der Waals surface area contributed by atoms with Gasteiger partial charge in [0.25, 0.3) is 0 Å². The summed E-state index contributed by atoms with van der Waals surface area (Å²) in [6, 6.07) is 0. The van der Waals surface area contributed by atoms with Crippen molar-refractivity contribution in [3.8, 4) is 0 Å². The maximum absolute atomic E-state index is 12.2. The Morgan fingerprint density at radius 3 is 2.57 bits per heavy atom. The van der Waals surface area contributed by atoms with Crippen molar-refractivity contribution < 1.29 is 14.3 Å². The Labute approximate surface area is 129 Å². The van der Waals surface area contributed by atoms with Crippen LogP contribution in [0.15, 0.2) is 5.38 Å². The van der Waals surface area contributed by atoms with Crippen molar-refractivity contribution in [1.29, 1.82) is 0 Å². The zero-order valence-corrected chi connectivity index (χ0v) is 13.4. The van der Waals surface area contributed by atoms with E-state index in [9.17, 15) is 9.59 Å². The van der Waals surface area contributed by atoms with Gasteiger partial charge in [0.1, 0.15) is 4.88 Å². The lowest BCUT2D eigenvalue weighted by atomic mass is 10.2. The van der Waals surface area contributed by atoms with Crippen LogP contribution in [0.5, 0.6) is 0 Å². The molecule has 2 rings (SSSR count). The van der Waals surface area contributed by atoms with Crippen LogP contribution in [0, 0.1) is 6.92 Å². The predicted molar refractivity (Wildman–Crippen MR) is 83.9 cm³/mol. The van der Waals surface area contributed by atoms with Crippen molar-refractivity contribution in [2.45, 2.75) is 32.6 Å². The third kappa shape index (κ3) is 4.28. The minimum absolute atomic E-state index is 0.0662. The molecule has 0 saturated carbocycles. The highest BCUT2D eigenvalue weighted by Crippen LogP contribution is 2.28. The lowest BCUT2D eigenvalue weighted by Crippen LogP contribution is -2.34. The normalized spacial score (nSPS) is 16.3. The van der Waals surface area contributed by atoms with Gasteiger partial charge in [-0.3, -0.25) is 9.69 Å². The Kier molecular flexibility index (Phi) is 5.76.